The topological polar surface area (TPSA) is 49.9 Å². The molecule has 0 heterocycles. The van der Waals surface area contributed by atoms with Crippen LogP contribution in [-0.4, -0.2) is 34.1 Å². The van der Waals surface area contributed by atoms with Crippen LogP contribution in [0.2, 0.25) is 0 Å². The molecule has 76 valence electrons. The van der Waals surface area contributed by atoms with Crippen molar-refractivity contribution >= 4 is 35.7 Å². The average Bonchev–Trinajstić information content (AvgIpc) is 2.14. The lowest BCUT2D eigenvalue weighted by Crippen LogP contribution is -2.30. The molecule has 7 heteroatoms. The Morgan fingerprint density at radius 1 is 1.08 bits per heavy atom. The fourth-order valence-electron chi connectivity index (χ4n) is 0.432. The van der Waals surface area contributed by atoms with Gasteiger partial charge in [0.1, 0.15) is 0 Å². The molecule has 0 aliphatic carbocycles. The molecule has 0 rings (SSSR count). The van der Waals surface area contributed by atoms with Gasteiger partial charge in [0.2, 0.25) is 0 Å². The third kappa shape index (κ3) is 4.19. The van der Waals surface area contributed by atoms with Gasteiger partial charge in [0, 0.05) is 36.6 Å². The van der Waals surface area contributed by atoms with Crippen LogP contribution in [0.25, 0.3) is 0 Å². The summed E-state index contributed by atoms with van der Waals surface area (Å²) in [5.74, 6) is 0. The van der Waals surface area contributed by atoms with E-state index in [1.807, 2.05) is 0 Å². The van der Waals surface area contributed by atoms with Gasteiger partial charge in [-0.25, -0.2) is 18.4 Å². The fraction of sp³-hybridized carbons (Fsp3) is 0.667. The van der Waals surface area contributed by atoms with Gasteiger partial charge in [-0.15, -0.1) is 0 Å². The number of amides is 2. The summed E-state index contributed by atoms with van der Waals surface area (Å²) in [7, 11) is 0. The van der Waals surface area contributed by atoms with Gasteiger partial charge < -0.3 is 4.74 Å². The maximum Gasteiger partial charge on any atom is 0.433 e. The van der Waals surface area contributed by atoms with Gasteiger partial charge >= 0.3 is 12.2 Å². The second-order valence-electron chi connectivity index (χ2n) is 1.99. The summed E-state index contributed by atoms with van der Waals surface area (Å²) in [6.45, 7) is 3.75. The van der Waals surface area contributed by atoms with E-state index in [1.165, 1.54) is 0 Å². The van der Waals surface area contributed by atoms with Gasteiger partial charge in [-0.05, 0) is 13.8 Å². The maximum atomic E-state index is 10.9. The van der Waals surface area contributed by atoms with E-state index < -0.39 is 12.2 Å². The van der Waals surface area contributed by atoms with E-state index in [2.05, 4.69) is 4.74 Å². The first-order valence-electron chi connectivity index (χ1n) is 3.65. The highest BCUT2D eigenvalue weighted by molar-refractivity contribution is 6.23. The Balaban J connectivity index is 3.99. The molecule has 5 nitrogen and oxygen atoms in total. The molecule has 0 aromatic carbocycles. The standard InChI is InChI=1S/C6H10Cl2N2O3/c1-3-9(7)5(11)13-6(12)10(8)4-2/h3-4H2,1-2H3. The molecule has 0 fully saturated rings. The number of nitrogens with zero attached hydrogens (tertiary/aromatic N) is 2. The highest BCUT2D eigenvalue weighted by atomic mass is 35.5. The van der Waals surface area contributed by atoms with E-state index in [9.17, 15) is 9.59 Å². The Morgan fingerprint density at radius 2 is 1.38 bits per heavy atom. The predicted molar refractivity (Wildman–Crippen MR) is 48.3 cm³/mol. The number of carbonyl (C=O) groups excluding carboxylic acids is 2. The van der Waals surface area contributed by atoms with Crippen LogP contribution in [-0.2, 0) is 4.74 Å². The zero-order valence-electron chi connectivity index (χ0n) is 7.29. The maximum absolute atomic E-state index is 10.9. The molecule has 0 saturated heterocycles. The minimum absolute atomic E-state index is 0.238. The number of ether oxygens (including phenoxy) is 1. The van der Waals surface area contributed by atoms with E-state index in [4.69, 9.17) is 23.6 Å². The van der Waals surface area contributed by atoms with Gasteiger partial charge in [0.25, 0.3) is 0 Å². The number of hydrogen-bond donors (Lipinski definition) is 0. The minimum Gasteiger partial charge on any atom is -0.357 e. The van der Waals surface area contributed by atoms with Crippen LogP contribution in [0.15, 0.2) is 0 Å². The monoisotopic (exact) mass is 228 g/mol. The van der Waals surface area contributed by atoms with Crippen LogP contribution in [0.4, 0.5) is 9.59 Å². The summed E-state index contributed by atoms with van der Waals surface area (Å²) < 4.78 is 5.73. The van der Waals surface area contributed by atoms with Crippen LogP contribution in [0.5, 0.6) is 0 Å². The fourth-order valence-corrected chi connectivity index (χ4v) is 0.501. The lowest BCUT2D eigenvalue weighted by Gasteiger charge is -2.13. The molecule has 0 aliphatic heterocycles. The molecule has 0 saturated carbocycles. The average molecular weight is 229 g/mol. The molecule has 13 heavy (non-hydrogen) atoms. The Kier molecular flexibility index (Phi) is 5.57. The molecule has 0 bridgehead atoms. The summed E-state index contributed by atoms with van der Waals surface area (Å²) in [6.07, 6.45) is -1.87. The van der Waals surface area contributed by atoms with Crippen molar-refractivity contribution in [2.45, 2.75) is 13.8 Å². The predicted octanol–water partition coefficient (Wildman–Crippen LogP) is 2.19. The molecule has 0 aromatic heterocycles. The molecule has 0 N–H and O–H groups in total. The van der Waals surface area contributed by atoms with Crippen molar-refractivity contribution in [2.75, 3.05) is 13.1 Å². The Bertz CT molecular complexity index is 180. The van der Waals surface area contributed by atoms with Crippen LogP contribution in [0.1, 0.15) is 13.8 Å². The molecular weight excluding hydrogens is 219 g/mol. The van der Waals surface area contributed by atoms with Crippen molar-refractivity contribution in [1.29, 1.82) is 0 Å². The quantitative estimate of drug-likeness (QED) is 0.538. The molecule has 0 radical (unpaired) electrons. The molecule has 2 amide bonds. The normalized spacial score (nSPS) is 9.23. The first kappa shape index (κ1) is 12.3. The second-order valence-corrected chi connectivity index (χ2v) is 2.81. The van der Waals surface area contributed by atoms with Crippen LogP contribution >= 0.6 is 23.6 Å². The van der Waals surface area contributed by atoms with Crippen LogP contribution in [0, 0.1) is 0 Å². The Labute approximate surface area is 86.4 Å². The smallest absolute Gasteiger partial charge is 0.357 e. The lowest BCUT2D eigenvalue weighted by atomic mass is 10.7. The van der Waals surface area contributed by atoms with Gasteiger partial charge in [-0.2, -0.15) is 0 Å². The van der Waals surface area contributed by atoms with E-state index in [0.717, 1.165) is 8.84 Å². The lowest BCUT2D eigenvalue weighted by molar-refractivity contribution is 0.126. The molecule has 0 atom stereocenters. The largest absolute Gasteiger partial charge is 0.433 e. The van der Waals surface area contributed by atoms with E-state index in [1.54, 1.807) is 13.8 Å². The zero-order chi connectivity index (χ0) is 10.4. The SMILES string of the molecule is CCN(Cl)C(=O)OC(=O)N(Cl)CC. The summed E-state index contributed by atoms with van der Waals surface area (Å²) in [4.78, 5) is 21.7. The zero-order valence-corrected chi connectivity index (χ0v) is 8.80. The molecular formula is C6H10Cl2N2O3. The number of hydrogen-bond acceptors (Lipinski definition) is 3. The van der Waals surface area contributed by atoms with Crippen molar-refractivity contribution in [3.63, 3.8) is 0 Å². The van der Waals surface area contributed by atoms with Gasteiger partial charge in [-0.3, -0.25) is 0 Å². The molecule has 0 unspecified atom stereocenters. The third-order valence-corrected chi connectivity index (χ3v) is 1.88. The van der Waals surface area contributed by atoms with Crippen molar-refractivity contribution in [1.82, 2.24) is 8.84 Å². The third-order valence-electron chi connectivity index (χ3n) is 1.13. The molecule has 0 aromatic rings. The first-order valence-corrected chi connectivity index (χ1v) is 4.32. The van der Waals surface area contributed by atoms with Gasteiger partial charge in [0.15, 0.2) is 0 Å². The van der Waals surface area contributed by atoms with Crippen molar-refractivity contribution in [3.05, 3.63) is 0 Å². The van der Waals surface area contributed by atoms with E-state index in [-0.39, 0.29) is 13.1 Å². The number of carbonyl (C=O) groups is 2. The second kappa shape index (κ2) is 5.88. The van der Waals surface area contributed by atoms with Crippen molar-refractivity contribution < 1.29 is 14.3 Å². The van der Waals surface area contributed by atoms with Crippen molar-refractivity contribution in [2.24, 2.45) is 0 Å². The molecule has 0 spiro atoms. The first-order chi connectivity index (χ1) is 6.02. The number of halogens is 2. The molecule has 0 aliphatic rings. The van der Waals surface area contributed by atoms with Crippen LogP contribution in [0.3, 0.4) is 0 Å². The Hall–Kier alpha value is -0.680. The highest BCUT2D eigenvalue weighted by Gasteiger charge is 2.18. The van der Waals surface area contributed by atoms with Gasteiger partial charge in [-0.1, -0.05) is 0 Å². The minimum atomic E-state index is -0.937. The van der Waals surface area contributed by atoms with E-state index >= 15 is 0 Å². The number of rotatable bonds is 2. The Morgan fingerprint density at radius 3 is 1.62 bits per heavy atom. The van der Waals surface area contributed by atoms with Gasteiger partial charge in [0.05, 0.1) is 0 Å². The summed E-state index contributed by atoms with van der Waals surface area (Å²) in [5.41, 5.74) is 0. The highest BCUT2D eigenvalue weighted by Crippen LogP contribution is 2.03. The summed E-state index contributed by atoms with van der Waals surface area (Å²) in [5, 5.41) is 0. The summed E-state index contributed by atoms with van der Waals surface area (Å²) in [6, 6.07) is 0. The van der Waals surface area contributed by atoms with Crippen LogP contribution < -0.4 is 0 Å². The summed E-state index contributed by atoms with van der Waals surface area (Å²) >= 11 is 10.7. The van der Waals surface area contributed by atoms with Crippen molar-refractivity contribution in [3.8, 4) is 0 Å². The van der Waals surface area contributed by atoms with E-state index in [0.29, 0.717) is 0 Å².